The molecule has 0 spiro atoms. The molecule has 0 aliphatic heterocycles. The SMILES string of the molecule is O=Cc1ccc(-n2c3ccc(Br)cc3c3cc(C=O)ccc32)cc1.O=Cc1ccc(-n2c3ccccc3c3cc(C=O)ccc32)cc1. The Kier molecular flexibility index (Phi) is 7.90. The Labute approximate surface area is 277 Å². The monoisotopic (exact) mass is 676 g/mol. The maximum Gasteiger partial charge on any atom is 0.150 e. The van der Waals surface area contributed by atoms with Crippen molar-refractivity contribution in [3.05, 3.63) is 154 Å². The second-order valence-electron chi connectivity index (χ2n) is 11.1. The van der Waals surface area contributed by atoms with Crippen molar-refractivity contribution in [3.63, 3.8) is 0 Å². The summed E-state index contributed by atoms with van der Waals surface area (Å²) in [5.41, 5.74) is 8.75. The number of hydrogen-bond acceptors (Lipinski definition) is 4. The topological polar surface area (TPSA) is 78.1 Å². The van der Waals surface area contributed by atoms with Crippen LogP contribution in [0.2, 0.25) is 0 Å². The average molecular weight is 678 g/mol. The van der Waals surface area contributed by atoms with Crippen molar-refractivity contribution in [1.82, 2.24) is 9.13 Å². The van der Waals surface area contributed by atoms with Gasteiger partial charge in [0.15, 0.2) is 0 Å². The molecule has 226 valence electrons. The summed E-state index contributed by atoms with van der Waals surface area (Å²) in [6, 6.07) is 40.6. The molecule has 7 heteroatoms. The van der Waals surface area contributed by atoms with Crippen molar-refractivity contribution >= 4 is 84.7 Å². The van der Waals surface area contributed by atoms with Gasteiger partial charge >= 0.3 is 0 Å². The van der Waals surface area contributed by atoms with Crippen molar-refractivity contribution in [3.8, 4) is 11.4 Å². The van der Waals surface area contributed by atoms with Gasteiger partial charge in [-0.15, -0.1) is 0 Å². The molecule has 6 nitrogen and oxygen atoms in total. The molecular formula is C40H25BrN2O4. The number of hydrogen-bond donors (Lipinski definition) is 0. The van der Waals surface area contributed by atoms with Crippen LogP contribution in [-0.2, 0) is 0 Å². The molecule has 47 heavy (non-hydrogen) atoms. The molecule has 2 aromatic heterocycles. The Balaban J connectivity index is 0.000000150. The summed E-state index contributed by atoms with van der Waals surface area (Å²) < 4.78 is 5.27. The lowest BCUT2D eigenvalue weighted by Crippen LogP contribution is -1.94. The number of fused-ring (bicyclic) bond motifs is 6. The van der Waals surface area contributed by atoms with Gasteiger partial charge in [0.05, 0.1) is 22.1 Å². The van der Waals surface area contributed by atoms with Crippen LogP contribution in [0.3, 0.4) is 0 Å². The molecule has 0 atom stereocenters. The highest BCUT2D eigenvalue weighted by molar-refractivity contribution is 9.10. The summed E-state index contributed by atoms with van der Waals surface area (Å²) in [7, 11) is 0. The standard InChI is InChI=1S/C20H12BrNO2.C20H13NO2/c21-15-4-8-20-18(10-15)17-9-14(12-24)3-7-19(17)22(20)16-5-1-13(11-23)2-6-16;22-12-14-5-8-16(9-6-14)21-19-4-2-1-3-17(19)18-11-15(13-23)7-10-20(18)21/h1-12H;1-13H. The summed E-state index contributed by atoms with van der Waals surface area (Å²) in [6.45, 7) is 0. The third-order valence-electron chi connectivity index (χ3n) is 8.29. The molecule has 8 rings (SSSR count). The van der Waals surface area contributed by atoms with Crippen molar-refractivity contribution < 1.29 is 19.2 Å². The van der Waals surface area contributed by atoms with E-state index in [9.17, 15) is 19.2 Å². The van der Waals surface area contributed by atoms with Gasteiger partial charge in [0.2, 0.25) is 0 Å². The minimum Gasteiger partial charge on any atom is -0.309 e. The van der Waals surface area contributed by atoms with Crippen LogP contribution in [-0.4, -0.2) is 34.3 Å². The summed E-state index contributed by atoms with van der Waals surface area (Å²) in [6.07, 6.45) is 3.40. The van der Waals surface area contributed by atoms with E-state index in [0.717, 1.165) is 84.6 Å². The summed E-state index contributed by atoms with van der Waals surface area (Å²) in [5, 5.41) is 4.24. The molecule has 0 radical (unpaired) electrons. The third-order valence-corrected chi connectivity index (χ3v) is 8.79. The fourth-order valence-electron chi connectivity index (χ4n) is 6.11. The van der Waals surface area contributed by atoms with Gasteiger partial charge < -0.3 is 9.13 Å². The number of carbonyl (C=O) groups excluding carboxylic acids is 4. The highest BCUT2D eigenvalue weighted by Gasteiger charge is 2.14. The average Bonchev–Trinajstić information content (AvgIpc) is 3.63. The number of para-hydroxylation sites is 1. The maximum atomic E-state index is 11.2. The summed E-state index contributed by atoms with van der Waals surface area (Å²) in [4.78, 5) is 44.0. The number of carbonyl (C=O) groups is 4. The fraction of sp³-hybridized carbons (Fsp3) is 0. The molecule has 0 bridgehead atoms. The van der Waals surface area contributed by atoms with Crippen LogP contribution < -0.4 is 0 Å². The predicted molar refractivity (Wildman–Crippen MR) is 191 cm³/mol. The lowest BCUT2D eigenvalue weighted by atomic mass is 10.1. The van der Waals surface area contributed by atoms with Gasteiger partial charge in [-0.1, -0.05) is 34.1 Å². The molecule has 0 N–H and O–H groups in total. The molecule has 0 unspecified atom stereocenters. The Hall–Kier alpha value is -5.92. The number of benzene rings is 6. The number of halogens is 1. The van der Waals surface area contributed by atoms with Crippen LogP contribution in [0.25, 0.3) is 55.0 Å². The molecule has 2 heterocycles. The lowest BCUT2D eigenvalue weighted by Gasteiger charge is -2.08. The Bertz CT molecular complexity index is 2490. The van der Waals surface area contributed by atoms with E-state index in [1.807, 2.05) is 97.1 Å². The molecule has 6 aromatic carbocycles. The molecule has 8 aromatic rings. The van der Waals surface area contributed by atoms with E-state index in [0.29, 0.717) is 22.3 Å². The molecule has 0 saturated carbocycles. The van der Waals surface area contributed by atoms with Crippen LogP contribution >= 0.6 is 15.9 Å². The van der Waals surface area contributed by atoms with E-state index in [4.69, 9.17) is 0 Å². The molecule has 0 aliphatic rings. The highest BCUT2D eigenvalue weighted by atomic mass is 79.9. The molecular weight excluding hydrogens is 652 g/mol. The van der Waals surface area contributed by atoms with E-state index in [-0.39, 0.29) is 0 Å². The summed E-state index contributed by atoms with van der Waals surface area (Å²) >= 11 is 3.52. The quantitative estimate of drug-likeness (QED) is 0.164. The number of aromatic nitrogens is 2. The van der Waals surface area contributed by atoms with E-state index in [2.05, 4.69) is 43.3 Å². The van der Waals surface area contributed by atoms with Gasteiger partial charge in [0.25, 0.3) is 0 Å². The molecule has 0 saturated heterocycles. The van der Waals surface area contributed by atoms with Crippen molar-refractivity contribution in [2.24, 2.45) is 0 Å². The third kappa shape index (κ3) is 5.37. The van der Waals surface area contributed by atoms with Gasteiger partial charge in [-0.2, -0.15) is 0 Å². The second kappa shape index (κ2) is 12.5. The van der Waals surface area contributed by atoms with Crippen LogP contribution in [0.1, 0.15) is 41.4 Å². The van der Waals surface area contributed by atoms with E-state index >= 15 is 0 Å². The van der Waals surface area contributed by atoms with Crippen LogP contribution in [0, 0.1) is 0 Å². The Morgan fingerprint density at radius 1 is 0.383 bits per heavy atom. The normalized spacial score (nSPS) is 11.0. The van der Waals surface area contributed by atoms with E-state index < -0.39 is 0 Å². The van der Waals surface area contributed by atoms with Crippen molar-refractivity contribution in [2.45, 2.75) is 0 Å². The number of aldehydes is 4. The molecule has 0 aliphatic carbocycles. The second-order valence-corrected chi connectivity index (χ2v) is 12.0. The van der Waals surface area contributed by atoms with Crippen LogP contribution in [0.15, 0.2) is 132 Å². The first-order valence-corrected chi connectivity index (χ1v) is 15.6. The zero-order chi connectivity index (χ0) is 32.5. The van der Waals surface area contributed by atoms with E-state index in [1.54, 1.807) is 12.1 Å². The first-order valence-electron chi connectivity index (χ1n) is 14.8. The van der Waals surface area contributed by atoms with Crippen molar-refractivity contribution in [1.29, 1.82) is 0 Å². The van der Waals surface area contributed by atoms with Gasteiger partial charge in [-0.3, -0.25) is 19.2 Å². The first kappa shape index (κ1) is 29.8. The lowest BCUT2D eigenvalue weighted by molar-refractivity contribution is 0.111. The Morgan fingerprint density at radius 3 is 1.26 bits per heavy atom. The van der Waals surface area contributed by atoms with Crippen molar-refractivity contribution in [2.75, 3.05) is 0 Å². The maximum absolute atomic E-state index is 11.2. The fourth-order valence-corrected chi connectivity index (χ4v) is 6.47. The van der Waals surface area contributed by atoms with Gasteiger partial charge in [0, 0.05) is 59.6 Å². The van der Waals surface area contributed by atoms with Crippen LogP contribution in [0.5, 0.6) is 0 Å². The zero-order valence-electron chi connectivity index (χ0n) is 24.8. The number of rotatable bonds is 6. The Morgan fingerprint density at radius 2 is 0.766 bits per heavy atom. The van der Waals surface area contributed by atoms with Gasteiger partial charge in [-0.25, -0.2) is 0 Å². The number of nitrogens with zero attached hydrogens (tertiary/aromatic N) is 2. The summed E-state index contributed by atoms with van der Waals surface area (Å²) in [5.74, 6) is 0. The first-order chi connectivity index (χ1) is 23.0. The minimum atomic E-state index is 0.644. The van der Waals surface area contributed by atoms with Gasteiger partial charge in [-0.05, 0) is 109 Å². The predicted octanol–water partition coefficient (Wildman–Crippen LogP) is 9.58. The minimum absolute atomic E-state index is 0.644. The highest BCUT2D eigenvalue weighted by Crippen LogP contribution is 2.35. The van der Waals surface area contributed by atoms with Crippen LogP contribution in [0.4, 0.5) is 0 Å². The largest absolute Gasteiger partial charge is 0.309 e. The molecule has 0 amide bonds. The van der Waals surface area contributed by atoms with Gasteiger partial charge in [0.1, 0.15) is 25.1 Å². The smallest absolute Gasteiger partial charge is 0.150 e. The molecule has 0 fully saturated rings. The zero-order valence-corrected chi connectivity index (χ0v) is 26.4. The van der Waals surface area contributed by atoms with E-state index in [1.165, 1.54) is 0 Å².